The number of fused-ring (bicyclic) bond motifs is 2. The van der Waals surface area contributed by atoms with Crippen LogP contribution in [0.15, 0.2) is 48.5 Å². The Balaban J connectivity index is 1.58. The first-order chi connectivity index (χ1) is 21.8. The molecule has 5 rings (SSSR count). The molecule has 0 spiro atoms. The van der Waals surface area contributed by atoms with Crippen LogP contribution in [-0.2, 0) is 45.6 Å². The number of unbranched alkanes of at least 4 members (excludes halogenated alkanes) is 1. The number of esters is 1. The SMILES string of the molecule is CCOC(=O)CC(c1cc(CN2Cc3cc(O)ccc3OS2(=O)=O)cc(C(F)(F)F)c1)c1ccc2c(nnn2CCCCO)c1C. The first kappa shape index (κ1) is 33.2. The second-order valence-corrected chi connectivity index (χ2v) is 12.6. The summed E-state index contributed by atoms with van der Waals surface area (Å²) in [4.78, 5) is 12.8. The maximum Gasteiger partial charge on any atom is 0.416 e. The highest BCUT2D eigenvalue weighted by Gasteiger charge is 2.35. The molecule has 11 nitrogen and oxygen atoms in total. The summed E-state index contributed by atoms with van der Waals surface area (Å²) in [5, 5.41) is 27.5. The number of aliphatic hydroxyl groups is 1. The number of carbonyl (C=O) groups excluding carboxylic acids is 1. The van der Waals surface area contributed by atoms with Crippen LogP contribution >= 0.6 is 0 Å². The molecule has 0 radical (unpaired) electrons. The number of aromatic nitrogens is 3. The number of phenols is 1. The van der Waals surface area contributed by atoms with Crippen molar-refractivity contribution in [3.63, 3.8) is 0 Å². The molecule has 0 fully saturated rings. The van der Waals surface area contributed by atoms with Crippen LogP contribution in [-0.4, -0.2) is 57.1 Å². The highest BCUT2D eigenvalue weighted by atomic mass is 32.2. The van der Waals surface area contributed by atoms with Crippen LogP contribution in [0.25, 0.3) is 11.0 Å². The molecular weight excluding hydrogens is 629 g/mol. The van der Waals surface area contributed by atoms with Crippen LogP contribution in [0.4, 0.5) is 13.2 Å². The van der Waals surface area contributed by atoms with E-state index < -0.39 is 40.5 Å². The standard InChI is InChI=1S/C31H33F3N4O7S/c1-3-44-29(41)16-26(25-7-8-27-30(19(25)2)35-36-38(27)10-4-5-11-39)21-12-20(13-23(14-21)31(32,33)34)17-37-18-22-15-24(40)6-9-28(22)45-46(37,42)43/h6-9,12-15,26,39-40H,3-5,10-11,16-18H2,1-2H3. The lowest BCUT2D eigenvalue weighted by atomic mass is 9.84. The number of halogens is 3. The Bertz CT molecular complexity index is 1860. The molecule has 0 bridgehead atoms. The molecule has 1 atom stereocenters. The van der Waals surface area contributed by atoms with Crippen molar-refractivity contribution in [1.82, 2.24) is 19.3 Å². The molecule has 15 heteroatoms. The van der Waals surface area contributed by atoms with Crippen LogP contribution in [0.3, 0.4) is 0 Å². The van der Waals surface area contributed by atoms with Crippen molar-refractivity contribution in [2.24, 2.45) is 0 Å². The summed E-state index contributed by atoms with van der Waals surface area (Å²) in [6.07, 6.45) is -3.83. The number of rotatable bonds is 11. The Morgan fingerprint density at radius 2 is 1.91 bits per heavy atom. The van der Waals surface area contributed by atoms with Gasteiger partial charge in [-0.2, -0.15) is 25.9 Å². The van der Waals surface area contributed by atoms with Gasteiger partial charge in [0.25, 0.3) is 0 Å². The van der Waals surface area contributed by atoms with Crippen molar-refractivity contribution in [2.75, 3.05) is 13.2 Å². The second kappa shape index (κ2) is 13.3. The van der Waals surface area contributed by atoms with E-state index in [1.165, 1.54) is 24.3 Å². The van der Waals surface area contributed by atoms with E-state index in [-0.39, 0.29) is 48.8 Å². The fourth-order valence-corrected chi connectivity index (χ4v) is 6.71. The Morgan fingerprint density at radius 1 is 1.13 bits per heavy atom. The van der Waals surface area contributed by atoms with E-state index >= 15 is 0 Å². The molecule has 1 aliphatic rings. The number of nitrogens with zero attached hydrogens (tertiary/aromatic N) is 4. The third kappa shape index (κ3) is 7.11. The van der Waals surface area contributed by atoms with Crippen molar-refractivity contribution >= 4 is 27.3 Å². The number of aromatic hydroxyl groups is 1. The van der Waals surface area contributed by atoms with Gasteiger partial charge in [-0.1, -0.05) is 17.3 Å². The molecule has 2 N–H and O–H groups in total. The summed E-state index contributed by atoms with van der Waals surface area (Å²) < 4.78 is 81.6. The molecule has 0 saturated carbocycles. The van der Waals surface area contributed by atoms with Gasteiger partial charge in [0, 0.05) is 37.7 Å². The monoisotopic (exact) mass is 662 g/mol. The lowest BCUT2D eigenvalue weighted by Crippen LogP contribution is -2.37. The van der Waals surface area contributed by atoms with Gasteiger partial charge >= 0.3 is 22.4 Å². The number of aliphatic hydroxyl groups excluding tert-OH is 1. The zero-order valence-corrected chi connectivity index (χ0v) is 25.9. The number of ether oxygens (including phenoxy) is 1. The summed E-state index contributed by atoms with van der Waals surface area (Å²) in [5.74, 6) is -1.63. The number of carbonyl (C=O) groups is 1. The van der Waals surface area contributed by atoms with E-state index in [1.54, 1.807) is 30.7 Å². The van der Waals surface area contributed by atoms with Gasteiger partial charge < -0.3 is 19.1 Å². The minimum atomic E-state index is -4.79. The molecule has 0 amide bonds. The van der Waals surface area contributed by atoms with Crippen molar-refractivity contribution in [3.05, 3.63) is 81.9 Å². The first-order valence-corrected chi connectivity index (χ1v) is 16.0. The van der Waals surface area contributed by atoms with Gasteiger partial charge in [0.05, 0.1) is 24.1 Å². The van der Waals surface area contributed by atoms with Gasteiger partial charge in [-0.05, 0) is 85.3 Å². The Labute approximate surface area is 263 Å². The minimum absolute atomic E-state index is 0.0167. The predicted octanol–water partition coefficient (Wildman–Crippen LogP) is 4.96. The average molecular weight is 663 g/mol. The van der Waals surface area contributed by atoms with Gasteiger partial charge in [-0.15, -0.1) is 5.10 Å². The minimum Gasteiger partial charge on any atom is -0.508 e. The molecule has 0 saturated heterocycles. The van der Waals surface area contributed by atoms with Gasteiger partial charge in [0.15, 0.2) is 0 Å². The lowest BCUT2D eigenvalue weighted by molar-refractivity contribution is -0.143. The maximum atomic E-state index is 14.3. The normalized spacial score (nSPS) is 15.3. The quantitative estimate of drug-likeness (QED) is 0.168. The van der Waals surface area contributed by atoms with E-state index in [0.717, 1.165) is 16.4 Å². The van der Waals surface area contributed by atoms with Gasteiger partial charge in [0.2, 0.25) is 0 Å². The average Bonchev–Trinajstić information content (AvgIpc) is 3.40. The van der Waals surface area contributed by atoms with Crippen molar-refractivity contribution in [1.29, 1.82) is 0 Å². The molecule has 246 valence electrons. The molecule has 1 aromatic heterocycles. The molecule has 1 aliphatic heterocycles. The van der Waals surface area contributed by atoms with Gasteiger partial charge in [-0.25, -0.2) is 4.68 Å². The Morgan fingerprint density at radius 3 is 2.63 bits per heavy atom. The van der Waals surface area contributed by atoms with Gasteiger partial charge in [0.1, 0.15) is 17.0 Å². The van der Waals surface area contributed by atoms with Crippen molar-refractivity contribution in [3.8, 4) is 11.5 Å². The van der Waals surface area contributed by atoms with E-state index in [4.69, 9.17) is 14.0 Å². The molecule has 1 unspecified atom stereocenters. The van der Waals surface area contributed by atoms with E-state index in [0.29, 0.717) is 47.1 Å². The number of alkyl halides is 3. The van der Waals surface area contributed by atoms with Crippen LogP contribution in [0.5, 0.6) is 11.5 Å². The smallest absolute Gasteiger partial charge is 0.416 e. The fraction of sp³-hybridized carbons (Fsp3) is 0.387. The molecule has 0 aliphatic carbocycles. The third-order valence-electron chi connectivity index (χ3n) is 7.82. The molecule has 4 aromatic rings. The number of hydrogen-bond acceptors (Lipinski definition) is 9. The summed E-state index contributed by atoms with van der Waals surface area (Å²) >= 11 is 0. The van der Waals surface area contributed by atoms with Gasteiger partial charge in [-0.3, -0.25) is 4.79 Å². The summed E-state index contributed by atoms with van der Waals surface area (Å²) in [5.41, 5.74) is 1.83. The summed E-state index contributed by atoms with van der Waals surface area (Å²) in [6, 6.07) is 10.6. The van der Waals surface area contributed by atoms with Crippen molar-refractivity contribution < 1.29 is 45.5 Å². The molecule has 3 aromatic carbocycles. The van der Waals surface area contributed by atoms with Crippen molar-refractivity contribution in [2.45, 2.75) is 64.8 Å². The molecule has 46 heavy (non-hydrogen) atoms. The number of phenolic OH excluding ortho intramolecular Hbond substituents is 1. The summed E-state index contributed by atoms with van der Waals surface area (Å²) in [7, 11) is -4.38. The molecule has 2 heterocycles. The van der Waals surface area contributed by atoms with Crippen LogP contribution in [0.1, 0.15) is 65.5 Å². The molecular formula is C31H33F3N4O7S. The van der Waals surface area contributed by atoms with E-state index in [9.17, 15) is 31.5 Å². The Kier molecular flexibility index (Phi) is 9.56. The van der Waals surface area contributed by atoms with Crippen LogP contribution < -0.4 is 4.18 Å². The number of aryl methyl sites for hydroxylation is 2. The summed E-state index contributed by atoms with van der Waals surface area (Å²) in [6.45, 7) is 3.28. The number of hydrogen-bond donors (Lipinski definition) is 2. The zero-order chi connectivity index (χ0) is 33.2. The Hall–Kier alpha value is -4.21. The topological polar surface area (TPSA) is 144 Å². The first-order valence-electron chi connectivity index (χ1n) is 14.6. The highest BCUT2D eigenvalue weighted by molar-refractivity contribution is 7.84. The third-order valence-corrected chi connectivity index (χ3v) is 9.10. The number of benzene rings is 3. The van der Waals surface area contributed by atoms with Crippen LogP contribution in [0, 0.1) is 6.92 Å². The lowest BCUT2D eigenvalue weighted by Gasteiger charge is -2.28. The largest absolute Gasteiger partial charge is 0.508 e. The maximum absolute atomic E-state index is 14.3. The van der Waals surface area contributed by atoms with E-state index in [2.05, 4.69) is 10.3 Å². The fourth-order valence-electron chi connectivity index (χ4n) is 5.61. The van der Waals surface area contributed by atoms with E-state index in [1.807, 2.05) is 0 Å². The predicted molar refractivity (Wildman–Crippen MR) is 160 cm³/mol. The zero-order valence-electron chi connectivity index (χ0n) is 25.1. The second-order valence-electron chi connectivity index (χ2n) is 11.0. The van der Waals surface area contributed by atoms with Crippen LogP contribution in [0.2, 0.25) is 0 Å². The highest BCUT2D eigenvalue weighted by Crippen LogP contribution is 2.39.